The highest BCUT2D eigenvalue weighted by Crippen LogP contribution is 2.31. The lowest BCUT2D eigenvalue weighted by molar-refractivity contribution is -0.274. The minimum Gasteiger partial charge on any atom is -0.405 e. The molecule has 1 aromatic heterocycles. The van der Waals surface area contributed by atoms with Gasteiger partial charge in [0.25, 0.3) is 0 Å². The number of para-hydroxylation sites is 1. The van der Waals surface area contributed by atoms with Crippen LogP contribution in [0, 0.1) is 0 Å². The van der Waals surface area contributed by atoms with E-state index in [4.69, 9.17) is 5.73 Å². The number of hydrogen-bond donors (Lipinski definition) is 1. The SMILES string of the molecule is Cn1nccc1C(N)c1ccccc1OC(F)(F)F. The van der Waals surface area contributed by atoms with Gasteiger partial charge in [-0.15, -0.1) is 13.2 Å². The fourth-order valence-electron chi connectivity index (χ4n) is 1.80. The maximum absolute atomic E-state index is 12.3. The summed E-state index contributed by atoms with van der Waals surface area (Å²) in [7, 11) is 1.67. The van der Waals surface area contributed by atoms with Crippen molar-refractivity contribution in [3.63, 3.8) is 0 Å². The molecule has 102 valence electrons. The van der Waals surface area contributed by atoms with E-state index in [1.807, 2.05) is 0 Å². The average molecular weight is 271 g/mol. The van der Waals surface area contributed by atoms with Crippen molar-refractivity contribution in [2.75, 3.05) is 0 Å². The van der Waals surface area contributed by atoms with E-state index in [-0.39, 0.29) is 11.3 Å². The van der Waals surface area contributed by atoms with Gasteiger partial charge in [-0.3, -0.25) is 4.68 Å². The van der Waals surface area contributed by atoms with E-state index in [1.54, 1.807) is 19.2 Å². The molecule has 0 saturated carbocycles. The molecular formula is C12H12F3N3O. The van der Waals surface area contributed by atoms with E-state index < -0.39 is 12.4 Å². The minimum atomic E-state index is -4.75. The molecule has 0 saturated heterocycles. The zero-order valence-corrected chi connectivity index (χ0v) is 10.1. The molecule has 0 aliphatic rings. The van der Waals surface area contributed by atoms with Crippen LogP contribution >= 0.6 is 0 Å². The number of hydrogen-bond acceptors (Lipinski definition) is 3. The van der Waals surface area contributed by atoms with Crippen LogP contribution < -0.4 is 10.5 Å². The zero-order chi connectivity index (χ0) is 14.0. The van der Waals surface area contributed by atoms with Gasteiger partial charge in [0, 0.05) is 18.8 Å². The molecular weight excluding hydrogens is 259 g/mol. The van der Waals surface area contributed by atoms with Crippen molar-refractivity contribution >= 4 is 0 Å². The topological polar surface area (TPSA) is 53.1 Å². The van der Waals surface area contributed by atoms with Crippen LogP contribution in [0.1, 0.15) is 17.3 Å². The van der Waals surface area contributed by atoms with Gasteiger partial charge in [-0.1, -0.05) is 18.2 Å². The molecule has 4 nitrogen and oxygen atoms in total. The van der Waals surface area contributed by atoms with E-state index in [9.17, 15) is 13.2 Å². The first-order valence-electron chi connectivity index (χ1n) is 5.46. The maximum atomic E-state index is 12.3. The molecule has 0 radical (unpaired) electrons. The molecule has 0 bridgehead atoms. The molecule has 2 rings (SSSR count). The van der Waals surface area contributed by atoms with Crippen molar-refractivity contribution in [1.29, 1.82) is 0 Å². The van der Waals surface area contributed by atoms with Crippen molar-refractivity contribution in [3.8, 4) is 5.75 Å². The predicted octanol–water partition coefficient (Wildman–Crippen LogP) is 2.37. The summed E-state index contributed by atoms with van der Waals surface area (Å²) in [6.07, 6.45) is -3.22. The number of alkyl halides is 3. The normalized spacial score (nSPS) is 13.3. The summed E-state index contributed by atoms with van der Waals surface area (Å²) in [6, 6.07) is 6.70. The highest BCUT2D eigenvalue weighted by atomic mass is 19.4. The minimum absolute atomic E-state index is 0.253. The molecule has 19 heavy (non-hydrogen) atoms. The first-order chi connectivity index (χ1) is 8.88. The molecule has 2 N–H and O–H groups in total. The molecule has 0 aliphatic heterocycles. The Morgan fingerprint density at radius 2 is 1.95 bits per heavy atom. The third-order valence-corrected chi connectivity index (χ3v) is 2.66. The van der Waals surface area contributed by atoms with Gasteiger partial charge >= 0.3 is 6.36 Å². The summed E-state index contributed by atoms with van der Waals surface area (Å²) in [4.78, 5) is 0. The number of aromatic nitrogens is 2. The highest BCUT2D eigenvalue weighted by molar-refractivity contribution is 5.39. The first-order valence-corrected chi connectivity index (χ1v) is 5.46. The third kappa shape index (κ3) is 3.05. The van der Waals surface area contributed by atoms with E-state index >= 15 is 0 Å². The molecule has 0 spiro atoms. The van der Waals surface area contributed by atoms with Crippen molar-refractivity contribution < 1.29 is 17.9 Å². The lowest BCUT2D eigenvalue weighted by atomic mass is 10.0. The second-order valence-corrected chi connectivity index (χ2v) is 3.94. The zero-order valence-electron chi connectivity index (χ0n) is 10.1. The van der Waals surface area contributed by atoms with E-state index in [0.29, 0.717) is 5.69 Å². The Bertz CT molecular complexity index is 565. The Hall–Kier alpha value is -2.02. The summed E-state index contributed by atoms with van der Waals surface area (Å²) in [5, 5.41) is 3.94. The summed E-state index contributed by atoms with van der Waals surface area (Å²) >= 11 is 0. The molecule has 0 amide bonds. The van der Waals surface area contributed by atoms with Crippen LogP contribution in [-0.2, 0) is 7.05 Å². The summed E-state index contributed by atoms with van der Waals surface area (Å²) in [5.74, 6) is -0.302. The molecule has 0 fully saturated rings. The predicted molar refractivity (Wildman–Crippen MR) is 62.4 cm³/mol. The van der Waals surface area contributed by atoms with Crippen LogP contribution in [0.4, 0.5) is 13.2 Å². The van der Waals surface area contributed by atoms with Crippen molar-refractivity contribution in [1.82, 2.24) is 9.78 Å². The number of nitrogens with two attached hydrogens (primary N) is 1. The smallest absolute Gasteiger partial charge is 0.405 e. The van der Waals surface area contributed by atoms with Crippen LogP contribution in [0.5, 0.6) is 5.75 Å². The van der Waals surface area contributed by atoms with E-state index in [2.05, 4.69) is 9.84 Å². The number of benzene rings is 1. The monoisotopic (exact) mass is 271 g/mol. The molecule has 7 heteroatoms. The third-order valence-electron chi connectivity index (χ3n) is 2.66. The molecule has 1 atom stereocenters. The number of nitrogens with zero attached hydrogens (tertiary/aromatic N) is 2. The van der Waals surface area contributed by atoms with Crippen LogP contribution in [0.2, 0.25) is 0 Å². The van der Waals surface area contributed by atoms with Gasteiger partial charge in [0.1, 0.15) is 5.75 Å². The number of ether oxygens (including phenoxy) is 1. The molecule has 2 aromatic rings. The quantitative estimate of drug-likeness (QED) is 0.932. The molecule has 1 aromatic carbocycles. The van der Waals surface area contributed by atoms with Gasteiger partial charge in [-0.2, -0.15) is 5.10 Å². The Morgan fingerprint density at radius 1 is 1.26 bits per heavy atom. The van der Waals surface area contributed by atoms with Gasteiger partial charge in [0.05, 0.1) is 11.7 Å². The number of aryl methyl sites for hydroxylation is 1. The lowest BCUT2D eigenvalue weighted by Gasteiger charge is -2.18. The second-order valence-electron chi connectivity index (χ2n) is 3.94. The standard InChI is InChI=1S/C12H12F3N3O/c1-18-9(6-7-17-18)11(16)8-4-2-3-5-10(8)19-12(13,14)15/h2-7,11H,16H2,1H3. The second kappa shape index (κ2) is 4.93. The van der Waals surface area contributed by atoms with Gasteiger partial charge in [0.15, 0.2) is 0 Å². The molecule has 1 unspecified atom stereocenters. The number of halogens is 3. The lowest BCUT2D eigenvalue weighted by Crippen LogP contribution is -2.21. The summed E-state index contributed by atoms with van der Waals surface area (Å²) < 4.78 is 42.5. The molecule has 1 heterocycles. The summed E-state index contributed by atoms with van der Waals surface area (Å²) in [5.41, 5.74) is 6.82. The van der Waals surface area contributed by atoms with Gasteiger partial charge in [0.2, 0.25) is 0 Å². The van der Waals surface area contributed by atoms with Gasteiger partial charge in [-0.05, 0) is 12.1 Å². The van der Waals surface area contributed by atoms with Gasteiger partial charge < -0.3 is 10.5 Å². The Kier molecular flexibility index (Phi) is 3.48. The Labute approximate surface area is 107 Å². The number of rotatable bonds is 3. The van der Waals surface area contributed by atoms with E-state index in [0.717, 1.165) is 0 Å². The van der Waals surface area contributed by atoms with Crippen LogP contribution in [-0.4, -0.2) is 16.1 Å². The maximum Gasteiger partial charge on any atom is 0.573 e. The Morgan fingerprint density at radius 3 is 2.53 bits per heavy atom. The average Bonchev–Trinajstić information content (AvgIpc) is 2.73. The van der Waals surface area contributed by atoms with Crippen molar-refractivity contribution in [2.24, 2.45) is 12.8 Å². The van der Waals surface area contributed by atoms with Crippen molar-refractivity contribution in [3.05, 3.63) is 47.8 Å². The largest absolute Gasteiger partial charge is 0.573 e. The van der Waals surface area contributed by atoms with Gasteiger partial charge in [-0.25, -0.2) is 0 Å². The Balaban J connectivity index is 2.37. The van der Waals surface area contributed by atoms with E-state index in [1.165, 1.54) is 29.1 Å². The first kappa shape index (κ1) is 13.4. The summed E-state index contributed by atoms with van der Waals surface area (Å²) in [6.45, 7) is 0. The van der Waals surface area contributed by atoms with Crippen molar-refractivity contribution in [2.45, 2.75) is 12.4 Å². The fraction of sp³-hybridized carbons (Fsp3) is 0.250. The van der Waals surface area contributed by atoms with Crippen LogP contribution in [0.3, 0.4) is 0 Å². The molecule has 0 aliphatic carbocycles. The van der Waals surface area contributed by atoms with Crippen LogP contribution in [0.15, 0.2) is 36.5 Å². The van der Waals surface area contributed by atoms with Crippen LogP contribution in [0.25, 0.3) is 0 Å². The fourth-order valence-corrected chi connectivity index (χ4v) is 1.80. The highest BCUT2D eigenvalue weighted by Gasteiger charge is 2.32.